The highest BCUT2D eigenvalue weighted by Crippen LogP contribution is 2.26. The molecule has 136 valence electrons. The third-order valence-corrected chi connectivity index (χ3v) is 5.29. The number of hydrogen-bond acceptors (Lipinski definition) is 3. The summed E-state index contributed by atoms with van der Waals surface area (Å²) in [5.41, 5.74) is 7.32. The van der Waals surface area contributed by atoms with E-state index < -0.39 is 0 Å². The van der Waals surface area contributed by atoms with E-state index in [1.165, 1.54) is 11.1 Å². The van der Waals surface area contributed by atoms with Gasteiger partial charge in [-0.2, -0.15) is 5.26 Å². The molecule has 2 aromatic carbocycles. The van der Waals surface area contributed by atoms with Gasteiger partial charge in [0.15, 0.2) is 0 Å². The molecule has 0 radical (unpaired) electrons. The van der Waals surface area contributed by atoms with Crippen molar-refractivity contribution in [2.45, 2.75) is 13.3 Å². The Morgan fingerprint density at radius 1 is 1.19 bits per heavy atom. The predicted octanol–water partition coefficient (Wildman–Crippen LogP) is 4.91. The molecule has 0 amide bonds. The van der Waals surface area contributed by atoms with Gasteiger partial charge in [-0.25, -0.2) is 0 Å². The zero-order chi connectivity index (χ0) is 19.4. The third kappa shape index (κ3) is 4.13. The van der Waals surface area contributed by atoms with E-state index in [1.807, 2.05) is 63.5 Å². The van der Waals surface area contributed by atoms with Crippen LogP contribution in [0.25, 0.3) is 0 Å². The molecule has 0 aliphatic carbocycles. The minimum atomic E-state index is 0.676. The zero-order valence-corrected chi connectivity index (χ0v) is 16.6. The Morgan fingerprint density at radius 3 is 2.52 bits per heavy atom. The van der Waals surface area contributed by atoms with Crippen LogP contribution < -0.4 is 0 Å². The SMILES string of the molecule is C/N=C(/C1=CC(Cl)=C(C)N(C)C1)c1ccccc1Cc1ccc(C#N)cc1. The van der Waals surface area contributed by atoms with E-state index in [2.05, 4.69) is 28.1 Å². The normalized spacial score (nSPS) is 14.9. The highest BCUT2D eigenvalue weighted by Gasteiger charge is 2.20. The first kappa shape index (κ1) is 18.9. The number of benzene rings is 2. The smallest absolute Gasteiger partial charge is 0.0991 e. The Bertz CT molecular complexity index is 975. The van der Waals surface area contributed by atoms with Crippen LogP contribution in [0, 0.1) is 11.3 Å². The van der Waals surface area contributed by atoms with Gasteiger partial charge in [0, 0.05) is 31.9 Å². The van der Waals surface area contributed by atoms with Crippen LogP contribution in [0.15, 0.2) is 75.9 Å². The fourth-order valence-corrected chi connectivity index (χ4v) is 3.54. The van der Waals surface area contributed by atoms with Crippen molar-refractivity contribution in [1.29, 1.82) is 5.26 Å². The zero-order valence-electron chi connectivity index (χ0n) is 15.8. The summed E-state index contributed by atoms with van der Waals surface area (Å²) in [5, 5.41) is 9.74. The van der Waals surface area contributed by atoms with Crippen molar-refractivity contribution >= 4 is 17.3 Å². The number of nitrogens with zero attached hydrogens (tertiary/aromatic N) is 3. The molecule has 1 aliphatic heterocycles. The van der Waals surface area contributed by atoms with Crippen LogP contribution >= 0.6 is 11.6 Å². The average molecular weight is 376 g/mol. The first-order chi connectivity index (χ1) is 13.0. The molecule has 0 fully saturated rings. The summed E-state index contributed by atoms with van der Waals surface area (Å²) in [4.78, 5) is 6.75. The molecule has 3 rings (SSSR count). The molecular weight excluding hydrogens is 354 g/mol. The highest BCUT2D eigenvalue weighted by atomic mass is 35.5. The molecular formula is C23H22ClN3. The number of allylic oxidation sites excluding steroid dienone is 3. The lowest BCUT2D eigenvalue weighted by molar-refractivity contribution is 0.453. The van der Waals surface area contributed by atoms with E-state index in [4.69, 9.17) is 16.9 Å². The van der Waals surface area contributed by atoms with Gasteiger partial charge in [0.1, 0.15) is 0 Å². The number of nitriles is 1. The molecule has 4 heteroatoms. The van der Waals surface area contributed by atoms with Crippen LogP contribution in [-0.4, -0.2) is 31.3 Å². The summed E-state index contributed by atoms with van der Waals surface area (Å²) in [6.45, 7) is 2.80. The molecule has 0 N–H and O–H groups in total. The van der Waals surface area contributed by atoms with Crippen LogP contribution in [0.3, 0.4) is 0 Å². The largest absolute Gasteiger partial charge is 0.373 e. The highest BCUT2D eigenvalue weighted by molar-refractivity contribution is 6.32. The maximum absolute atomic E-state index is 8.98. The van der Waals surface area contributed by atoms with E-state index in [-0.39, 0.29) is 0 Å². The van der Waals surface area contributed by atoms with E-state index in [9.17, 15) is 0 Å². The van der Waals surface area contributed by atoms with Crippen molar-refractivity contribution < 1.29 is 0 Å². The van der Waals surface area contributed by atoms with Gasteiger partial charge >= 0.3 is 0 Å². The molecule has 0 unspecified atom stereocenters. The van der Waals surface area contributed by atoms with Gasteiger partial charge in [-0.3, -0.25) is 4.99 Å². The topological polar surface area (TPSA) is 39.4 Å². The second-order valence-electron chi connectivity index (χ2n) is 6.67. The molecule has 27 heavy (non-hydrogen) atoms. The maximum atomic E-state index is 8.98. The van der Waals surface area contributed by atoms with Gasteiger partial charge in [0.05, 0.1) is 22.4 Å². The molecule has 0 saturated heterocycles. The van der Waals surface area contributed by atoms with Crippen molar-refractivity contribution in [3.63, 3.8) is 0 Å². The number of hydrogen-bond donors (Lipinski definition) is 0. The lowest BCUT2D eigenvalue weighted by Gasteiger charge is -2.28. The number of halogens is 1. The first-order valence-corrected chi connectivity index (χ1v) is 9.24. The first-order valence-electron chi connectivity index (χ1n) is 8.86. The Morgan fingerprint density at radius 2 is 1.89 bits per heavy atom. The molecule has 0 atom stereocenters. The van der Waals surface area contributed by atoms with Crippen LogP contribution in [0.5, 0.6) is 0 Å². The number of likely N-dealkylation sites (N-methyl/N-ethyl adjacent to an activating group) is 1. The standard InChI is InChI=1S/C23H22ClN3/c1-16-22(24)13-20(15-27(16)3)23(26-2)21-7-5-4-6-19(21)12-17-8-10-18(14-25)11-9-17/h4-11,13H,12,15H2,1-3H3/b26-23-. The Hall–Kier alpha value is -2.83. The second kappa shape index (κ2) is 8.24. The van der Waals surface area contributed by atoms with Crippen LogP contribution in [0.2, 0.25) is 0 Å². The van der Waals surface area contributed by atoms with E-state index in [1.54, 1.807) is 0 Å². The molecule has 0 spiro atoms. The van der Waals surface area contributed by atoms with Crippen molar-refractivity contribution in [2.75, 3.05) is 20.6 Å². The lowest BCUT2D eigenvalue weighted by Crippen LogP contribution is -2.27. The van der Waals surface area contributed by atoms with E-state index in [0.717, 1.165) is 40.5 Å². The fourth-order valence-electron chi connectivity index (χ4n) is 3.26. The quantitative estimate of drug-likeness (QED) is 0.712. The Labute approximate surface area is 165 Å². The van der Waals surface area contributed by atoms with E-state index in [0.29, 0.717) is 5.56 Å². The number of rotatable bonds is 4. The molecule has 0 bridgehead atoms. The molecule has 3 nitrogen and oxygen atoms in total. The van der Waals surface area contributed by atoms with Gasteiger partial charge in [-0.05, 0) is 48.3 Å². The molecule has 0 aromatic heterocycles. The lowest BCUT2D eigenvalue weighted by atomic mass is 9.92. The molecule has 1 aliphatic rings. The number of aliphatic imine (C=N–C) groups is 1. The Kier molecular flexibility index (Phi) is 5.78. The predicted molar refractivity (Wildman–Crippen MR) is 112 cm³/mol. The Balaban J connectivity index is 1.97. The summed E-state index contributed by atoms with van der Waals surface area (Å²) in [6, 6.07) is 18.2. The molecule has 1 heterocycles. The maximum Gasteiger partial charge on any atom is 0.0991 e. The van der Waals surface area contributed by atoms with Gasteiger partial charge in [0.25, 0.3) is 0 Å². The summed E-state index contributed by atoms with van der Waals surface area (Å²) in [6.07, 6.45) is 2.81. The summed E-state index contributed by atoms with van der Waals surface area (Å²) in [5.74, 6) is 0. The van der Waals surface area contributed by atoms with Crippen LogP contribution in [0.1, 0.15) is 29.2 Å². The average Bonchev–Trinajstić information content (AvgIpc) is 2.68. The van der Waals surface area contributed by atoms with Crippen LogP contribution in [0.4, 0.5) is 0 Å². The molecule has 0 saturated carbocycles. The van der Waals surface area contributed by atoms with Gasteiger partial charge in [-0.15, -0.1) is 0 Å². The van der Waals surface area contributed by atoms with E-state index >= 15 is 0 Å². The van der Waals surface area contributed by atoms with Gasteiger partial charge in [-0.1, -0.05) is 48.0 Å². The van der Waals surface area contributed by atoms with Crippen molar-refractivity contribution in [1.82, 2.24) is 4.90 Å². The van der Waals surface area contributed by atoms with Crippen molar-refractivity contribution in [3.8, 4) is 6.07 Å². The summed E-state index contributed by atoms with van der Waals surface area (Å²) < 4.78 is 0. The van der Waals surface area contributed by atoms with Gasteiger partial charge < -0.3 is 4.90 Å². The molecule has 2 aromatic rings. The minimum Gasteiger partial charge on any atom is -0.373 e. The monoisotopic (exact) mass is 375 g/mol. The van der Waals surface area contributed by atoms with Gasteiger partial charge in [0.2, 0.25) is 0 Å². The van der Waals surface area contributed by atoms with Crippen molar-refractivity contribution in [3.05, 3.63) is 93.2 Å². The van der Waals surface area contributed by atoms with Crippen LogP contribution in [-0.2, 0) is 6.42 Å². The summed E-state index contributed by atoms with van der Waals surface area (Å²) >= 11 is 6.42. The van der Waals surface area contributed by atoms with Crippen molar-refractivity contribution in [2.24, 2.45) is 4.99 Å². The summed E-state index contributed by atoms with van der Waals surface area (Å²) in [7, 11) is 3.87. The minimum absolute atomic E-state index is 0.676. The third-order valence-electron chi connectivity index (χ3n) is 4.90. The second-order valence-corrected chi connectivity index (χ2v) is 7.08. The fraction of sp³-hybridized carbons (Fsp3) is 0.217.